The lowest BCUT2D eigenvalue weighted by atomic mass is 10.1. The molecular formula is C17H20N4O2. The molecule has 1 fully saturated rings. The summed E-state index contributed by atoms with van der Waals surface area (Å²) in [5, 5.41) is 11.6. The van der Waals surface area contributed by atoms with Gasteiger partial charge in [-0.15, -0.1) is 5.10 Å². The van der Waals surface area contributed by atoms with Crippen LogP contribution < -0.4 is 5.32 Å². The van der Waals surface area contributed by atoms with E-state index in [0.717, 1.165) is 48.8 Å². The zero-order valence-corrected chi connectivity index (χ0v) is 13.2. The Hall–Kier alpha value is -2.37. The molecule has 3 heterocycles. The summed E-state index contributed by atoms with van der Waals surface area (Å²) < 4.78 is 5.43. The molecule has 2 aromatic rings. The number of carbonyl (C=O) groups excluding carboxylic acids is 1. The van der Waals surface area contributed by atoms with Gasteiger partial charge in [0.05, 0.1) is 12.0 Å². The Balaban J connectivity index is 1.45. The number of furan rings is 1. The number of rotatable bonds is 4. The van der Waals surface area contributed by atoms with Crippen molar-refractivity contribution in [1.29, 1.82) is 0 Å². The first-order chi connectivity index (χ1) is 11.3. The van der Waals surface area contributed by atoms with Crippen LogP contribution in [0.5, 0.6) is 0 Å². The van der Waals surface area contributed by atoms with Crippen LogP contribution >= 0.6 is 0 Å². The lowest BCUT2D eigenvalue weighted by Crippen LogP contribution is -2.37. The van der Waals surface area contributed by atoms with Gasteiger partial charge in [-0.2, -0.15) is 5.10 Å². The quantitative estimate of drug-likeness (QED) is 0.937. The second-order valence-corrected chi connectivity index (χ2v) is 6.21. The minimum atomic E-state index is 0.0748. The predicted molar refractivity (Wildman–Crippen MR) is 84.9 cm³/mol. The van der Waals surface area contributed by atoms with Crippen LogP contribution in [0.15, 0.2) is 28.9 Å². The van der Waals surface area contributed by atoms with Gasteiger partial charge in [-0.05, 0) is 37.1 Å². The minimum absolute atomic E-state index is 0.0748. The highest BCUT2D eigenvalue weighted by molar-refractivity contribution is 5.83. The highest BCUT2D eigenvalue weighted by Gasteiger charge is 2.47. The van der Waals surface area contributed by atoms with Gasteiger partial charge in [-0.3, -0.25) is 4.79 Å². The third-order valence-electron chi connectivity index (χ3n) is 4.63. The maximum absolute atomic E-state index is 12.7. The van der Waals surface area contributed by atoms with Gasteiger partial charge in [0.1, 0.15) is 11.6 Å². The Labute approximate surface area is 134 Å². The molecule has 6 nitrogen and oxygen atoms in total. The van der Waals surface area contributed by atoms with Gasteiger partial charge in [-0.25, -0.2) is 0 Å². The molecule has 0 radical (unpaired) electrons. The maximum atomic E-state index is 12.7. The first-order valence-electron chi connectivity index (χ1n) is 8.17. The predicted octanol–water partition coefficient (Wildman–Crippen LogP) is 2.19. The molecule has 2 aromatic heterocycles. The van der Waals surface area contributed by atoms with Crippen LogP contribution in [0, 0.1) is 5.92 Å². The van der Waals surface area contributed by atoms with Crippen molar-refractivity contribution in [3.63, 3.8) is 0 Å². The minimum Gasteiger partial charge on any atom is -0.469 e. The number of carbonyl (C=O) groups is 1. The summed E-state index contributed by atoms with van der Waals surface area (Å²) in [5.41, 5.74) is 2.11. The van der Waals surface area contributed by atoms with Crippen molar-refractivity contribution in [1.82, 2.24) is 15.1 Å². The highest BCUT2D eigenvalue weighted by Crippen LogP contribution is 2.48. The molecule has 2 atom stereocenters. The van der Waals surface area contributed by atoms with Crippen LogP contribution in [0.25, 0.3) is 0 Å². The van der Waals surface area contributed by atoms with Crippen LogP contribution in [0.4, 0.5) is 5.82 Å². The molecule has 1 amide bonds. The largest absolute Gasteiger partial charge is 0.469 e. The topological polar surface area (TPSA) is 71.3 Å². The van der Waals surface area contributed by atoms with Crippen molar-refractivity contribution < 1.29 is 9.21 Å². The van der Waals surface area contributed by atoms with E-state index in [1.165, 1.54) is 0 Å². The number of hydrogen-bond donors (Lipinski definition) is 1. The molecule has 6 heteroatoms. The molecule has 1 saturated carbocycles. The SMILES string of the molecule is CCNc1cc2c(nn1)CCN(C(=O)[C@H]1C[C@H]1c1ccco1)C2. The van der Waals surface area contributed by atoms with Gasteiger partial charge in [0.25, 0.3) is 0 Å². The molecule has 120 valence electrons. The van der Waals surface area contributed by atoms with Gasteiger partial charge < -0.3 is 14.6 Å². The molecular weight excluding hydrogens is 292 g/mol. The summed E-state index contributed by atoms with van der Waals surface area (Å²) in [6, 6.07) is 5.86. The summed E-state index contributed by atoms with van der Waals surface area (Å²) in [6.45, 7) is 4.19. The van der Waals surface area contributed by atoms with Crippen molar-refractivity contribution in [3.05, 3.63) is 41.5 Å². The third kappa shape index (κ3) is 2.69. The van der Waals surface area contributed by atoms with Crippen molar-refractivity contribution in [2.45, 2.75) is 32.2 Å². The summed E-state index contributed by atoms with van der Waals surface area (Å²) in [7, 11) is 0. The fourth-order valence-corrected chi connectivity index (χ4v) is 3.30. The monoisotopic (exact) mass is 312 g/mol. The summed E-state index contributed by atoms with van der Waals surface area (Å²) in [4.78, 5) is 14.7. The number of anilines is 1. The Morgan fingerprint density at radius 3 is 3.17 bits per heavy atom. The van der Waals surface area contributed by atoms with E-state index in [0.29, 0.717) is 6.54 Å². The maximum Gasteiger partial charge on any atom is 0.226 e. The van der Waals surface area contributed by atoms with Gasteiger partial charge in [0.2, 0.25) is 5.91 Å². The third-order valence-corrected chi connectivity index (χ3v) is 4.63. The second-order valence-electron chi connectivity index (χ2n) is 6.21. The van der Waals surface area contributed by atoms with Crippen LogP contribution in [-0.2, 0) is 17.8 Å². The van der Waals surface area contributed by atoms with Gasteiger partial charge in [-0.1, -0.05) is 0 Å². The molecule has 0 unspecified atom stereocenters. The van der Waals surface area contributed by atoms with Crippen molar-refractivity contribution >= 4 is 11.7 Å². The number of amides is 1. The first-order valence-corrected chi connectivity index (χ1v) is 8.17. The number of fused-ring (bicyclic) bond motifs is 1. The van der Waals surface area contributed by atoms with Crippen LogP contribution in [0.3, 0.4) is 0 Å². The molecule has 0 bridgehead atoms. The van der Waals surface area contributed by atoms with Gasteiger partial charge >= 0.3 is 0 Å². The Morgan fingerprint density at radius 1 is 1.48 bits per heavy atom. The molecule has 0 spiro atoms. The van der Waals surface area contributed by atoms with E-state index in [-0.39, 0.29) is 17.7 Å². The van der Waals surface area contributed by atoms with Crippen LogP contribution in [0.1, 0.15) is 36.3 Å². The van der Waals surface area contributed by atoms with Gasteiger partial charge in [0, 0.05) is 37.9 Å². The zero-order valence-electron chi connectivity index (χ0n) is 13.2. The van der Waals surface area contributed by atoms with Crippen molar-refractivity contribution in [2.75, 3.05) is 18.4 Å². The van der Waals surface area contributed by atoms with Crippen LogP contribution in [-0.4, -0.2) is 34.1 Å². The number of aromatic nitrogens is 2. The summed E-state index contributed by atoms with van der Waals surface area (Å²) in [6.07, 6.45) is 3.35. The van der Waals surface area contributed by atoms with Crippen molar-refractivity contribution in [2.24, 2.45) is 5.92 Å². The molecule has 1 aliphatic heterocycles. The first kappa shape index (κ1) is 14.2. The molecule has 0 aromatic carbocycles. The second kappa shape index (κ2) is 5.68. The van der Waals surface area contributed by atoms with Crippen LogP contribution in [0.2, 0.25) is 0 Å². The smallest absolute Gasteiger partial charge is 0.226 e. The fraction of sp³-hybridized carbons (Fsp3) is 0.471. The standard InChI is InChI=1S/C17H20N4O2/c1-2-18-16-8-11-10-21(6-5-14(11)19-20-16)17(22)13-9-12(13)15-4-3-7-23-15/h3-4,7-8,12-13H,2,5-6,9-10H2,1H3,(H,18,20)/t12-,13+/m1/s1. The van der Waals surface area contributed by atoms with Gasteiger partial charge in [0.15, 0.2) is 0 Å². The Kier molecular flexibility index (Phi) is 3.52. The lowest BCUT2D eigenvalue weighted by Gasteiger charge is -2.28. The number of hydrogen-bond acceptors (Lipinski definition) is 5. The molecule has 0 saturated heterocycles. The number of nitrogens with one attached hydrogen (secondary N) is 1. The summed E-state index contributed by atoms with van der Waals surface area (Å²) >= 11 is 0. The van der Waals surface area contributed by atoms with E-state index in [9.17, 15) is 4.79 Å². The van der Waals surface area contributed by atoms with E-state index in [1.54, 1.807) is 6.26 Å². The normalized spacial score (nSPS) is 22.6. The highest BCUT2D eigenvalue weighted by atomic mass is 16.3. The fourth-order valence-electron chi connectivity index (χ4n) is 3.30. The van der Waals surface area contributed by atoms with E-state index >= 15 is 0 Å². The number of nitrogens with zero attached hydrogens (tertiary/aromatic N) is 3. The van der Waals surface area contributed by atoms with E-state index in [1.807, 2.05) is 30.0 Å². The molecule has 23 heavy (non-hydrogen) atoms. The average Bonchev–Trinajstić information content (AvgIpc) is 3.18. The zero-order chi connectivity index (χ0) is 15.8. The molecule has 4 rings (SSSR count). The molecule has 2 aliphatic rings. The van der Waals surface area contributed by atoms with Crippen molar-refractivity contribution in [3.8, 4) is 0 Å². The summed E-state index contributed by atoms with van der Waals surface area (Å²) in [5.74, 6) is 2.28. The van der Waals surface area contributed by atoms with E-state index < -0.39 is 0 Å². The molecule has 1 N–H and O–H groups in total. The Morgan fingerprint density at radius 2 is 2.39 bits per heavy atom. The average molecular weight is 312 g/mol. The molecule has 1 aliphatic carbocycles. The lowest BCUT2D eigenvalue weighted by molar-refractivity contribution is -0.133. The Bertz CT molecular complexity index is 713. The van der Waals surface area contributed by atoms with E-state index in [2.05, 4.69) is 15.5 Å². The van der Waals surface area contributed by atoms with E-state index in [4.69, 9.17) is 4.42 Å².